The summed E-state index contributed by atoms with van der Waals surface area (Å²) in [5.74, 6) is 0.479. The summed E-state index contributed by atoms with van der Waals surface area (Å²) in [7, 11) is -3.33. The molecule has 6 heteroatoms. The van der Waals surface area contributed by atoms with Crippen molar-refractivity contribution in [3.8, 4) is 0 Å². The van der Waals surface area contributed by atoms with Crippen LogP contribution in [0.2, 0.25) is 0 Å². The third-order valence-corrected chi connectivity index (χ3v) is 6.36. The van der Waals surface area contributed by atoms with Gasteiger partial charge in [0.15, 0.2) is 0 Å². The SMILES string of the molecule is Cc1ccccc1S(=O)(=O)N1CCC2NCCC2C1.Cl. The van der Waals surface area contributed by atoms with Crippen LogP contribution in [0.3, 0.4) is 0 Å². The molecular weight excluding hydrogens is 296 g/mol. The zero-order valence-corrected chi connectivity index (χ0v) is 13.2. The number of hydrogen-bond acceptors (Lipinski definition) is 3. The molecule has 1 aromatic rings. The van der Waals surface area contributed by atoms with Crippen molar-refractivity contribution in [2.75, 3.05) is 19.6 Å². The van der Waals surface area contributed by atoms with Crippen molar-refractivity contribution >= 4 is 22.4 Å². The third kappa shape index (κ3) is 2.72. The van der Waals surface area contributed by atoms with Crippen LogP contribution >= 0.6 is 12.4 Å². The number of sulfonamides is 1. The van der Waals surface area contributed by atoms with Gasteiger partial charge >= 0.3 is 0 Å². The second-order valence-electron chi connectivity index (χ2n) is 5.53. The average Bonchev–Trinajstić information content (AvgIpc) is 2.86. The van der Waals surface area contributed by atoms with E-state index in [1.807, 2.05) is 19.1 Å². The van der Waals surface area contributed by atoms with Gasteiger partial charge in [-0.1, -0.05) is 18.2 Å². The number of benzene rings is 1. The zero-order chi connectivity index (χ0) is 13.5. The van der Waals surface area contributed by atoms with Gasteiger partial charge in [-0.3, -0.25) is 0 Å². The van der Waals surface area contributed by atoms with Crippen LogP contribution in [0.4, 0.5) is 0 Å². The number of piperidine rings is 1. The largest absolute Gasteiger partial charge is 0.314 e. The van der Waals surface area contributed by atoms with Gasteiger partial charge in [0.05, 0.1) is 4.90 Å². The summed E-state index contributed by atoms with van der Waals surface area (Å²) < 4.78 is 27.1. The molecule has 1 N–H and O–H groups in total. The summed E-state index contributed by atoms with van der Waals surface area (Å²) in [4.78, 5) is 0.458. The van der Waals surface area contributed by atoms with Gasteiger partial charge in [0.2, 0.25) is 10.0 Å². The lowest BCUT2D eigenvalue weighted by molar-refractivity contribution is 0.247. The Morgan fingerprint density at radius 1 is 1.25 bits per heavy atom. The Hall–Kier alpha value is -0.620. The monoisotopic (exact) mass is 316 g/mol. The minimum Gasteiger partial charge on any atom is -0.314 e. The molecule has 2 heterocycles. The fraction of sp³-hybridized carbons (Fsp3) is 0.571. The van der Waals surface area contributed by atoms with Crippen LogP contribution in [-0.4, -0.2) is 38.4 Å². The Kier molecular flexibility index (Phi) is 4.74. The van der Waals surface area contributed by atoms with Crippen molar-refractivity contribution in [1.29, 1.82) is 0 Å². The van der Waals surface area contributed by atoms with E-state index >= 15 is 0 Å². The molecule has 2 aliphatic rings. The second-order valence-corrected chi connectivity index (χ2v) is 7.43. The van der Waals surface area contributed by atoms with Gasteiger partial charge in [0.25, 0.3) is 0 Å². The molecule has 2 aliphatic heterocycles. The Morgan fingerprint density at radius 2 is 2.00 bits per heavy atom. The number of halogens is 1. The smallest absolute Gasteiger partial charge is 0.243 e. The Balaban J connectivity index is 0.00000147. The van der Waals surface area contributed by atoms with E-state index in [4.69, 9.17) is 0 Å². The quantitative estimate of drug-likeness (QED) is 0.905. The molecule has 112 valence electrons. The molecule has 20 heavy (non-hydrogen) atoms. The molecule has 2 saturated heterocycles. The molecular formula is C14H21ClN2O2S. The van der Waals surface area contributed by atoms with Crippen LogP contribution in [0, 0.1) is 12.8 Å². The molecule has 1 aromatic carbocycles. The van der Waals surface area contributed by atoms with E-state index < -0.39 is 10.0 Å². The van der Waals surface area contributed by atoms with Gasteiger partial charge in [-0.25, -0.2) is 8.42 Å². The minimum absolute atomic E-state index is 0. The van der Waals surface area contributed by atoms with Crippen molar-refractivity contribution in [2.24, 2.45) is 5.92 Å². The van der Waals surface area contributed by atoms with Gasteiger partial charge in [-0.15, -0.1) is 12.4 Å². The summed E-state index contributed by atoms with van der Waals surface area (Å²) in [5.41, 5.74) is 0.828. The maximum Gasteiger partial charge on any atom is 0.243 e. The van der Waals surface area contributed by atoms with Crippen molar-refractivity contribution in [2.45, 2.75) is 30.7 Å². The van der Waals surface area contributed by atoms with Crippen LogP contribution in [0.1, 0.15) is 18.4 Å². The van der Waals surface area contributed by atoms with Crippen LogP contribution in [0.25, 0.3) is 0 Å². The first-order valence-electron chi connectivity index (χ1n) is 6.88. The van der Waals surface area contributed by atoms with Crippen LogP contribution in [-0.2, 0) is 10.0 Å². The third-order valence-electron chi connectivity index (χ3n) is 4.33. The number of rotatable bonds is 2. The van der Waals surface area contributed by atoms with E-state index in [-0.39, 0.29) is 12.4 Å². The summed E-state index contributed by atoms with van der Waals surface area (Å²) in [6, 6.07) is 7.76. The van der Waals surface area contributed by atoms with E-state index in [2.05, 4.69) is 5.32 Å². The van der Waals surface area contributed by atoms with E-state index in [1.54, 1.807) is 16.4 Å². The Morgan fingerprint density at radius 3 is 2.75 bits per heavy atom. The van der Waals surface area contributed by atoms with Crippen LogP contribution < -0.4 is 5.32 Å². The molecule has 0 aliphatic carbocycles. The van der Waals surface area contributed by atoms with Gasteiger partial charge in [0.1, 0.15) is 0 Å². The lowest BCUT2D eigenvalue weighted by Gasteiger charge is -2.34. The average molecular weight is 317 g/mol. The number of hydrogen-bond donors (Lipinski definition) is 1. The van der Waals surface area contributed by atoms with E-state index in [0.29, 0.717) is 29.9 Å². The molecule has 0 aromatic heterocycles. The first kappa shape index (κ1) is 15.8. The molecule has 2 unspecified atom stereocenters. The highest BCUT2D eigenvalue weighted by molar-refractivity contribution is 7.89. The molecule has 2 atom stereocenters. The highest BCUT2D eigenvalue weighted by Crippen LogP contribution is 2.29. The van der Waals surface area contributed by atoms with E-state index in [1.165, 1.54) is 0 Å². The van der Waals surface area contributed by atoms with Gasteiger partial charge in [-0.2, -0.15) is 4.31 Å². The zero-order valence-electron chi connectivity index (χ0n) is 11.6. The van der Waals surface area contributed by atoms with E-state index in [0.717, 1.165) is 24.9 Å². The highest BCUT2D eigenvalue weighted by atomic mass is 35.5. The predicted octanol–water partition coefficient (Wildman–Crippen LogP) is 1.79. The normalized spacial score (nSPS) is 26.9. The van der Waals surface area contributed by atoms with Crippen molar-refractivity contribution in [3.05, 3.63) is 29.8 Å². The molecule has 0 saturated carbocycles. The molecule has 0 radical (unpaired) electrons. The fourth-order valence-corrected chi connectivity index (χ4v) is 4.95. The first-order chi connectivity index (χ1) is 9.09. The number of nitrogens with zero attached hydrogens (tertiary/aromatic N) is 1. The number of aryl methyl sites for hydroxylation is 1. The Labute approximate surface area is 127 Å². The summed E-state index contributed by atoms with van der Waals surface area (Å²) in [6.45, 7) is 4.17. The van der Waals surface area contributed by atoms with Gasteiger partial charge in [-0.05, 0) is 43.9 Å². The topological polar surface area (TPSA) is 49.4 Å². The first-order valence-corrected chi connectivity index (χ1v) is 8.32. The van der Waals surface area contributed by atoms with Crippen molar-refractivity contribution in [3.63, 3.8) is 0 Å². The van der Waals surface area contributed by atoms with Gasteiger partial charge < -0.3 is 5.32 Å². The molecule has 0 spiro atoms. The van der Waals surface area contributed by atoms with E-state index in [9.17, 15) is 8.42 Å². The summed E-state index contributed by atoms with van der Waals surface area (Å²) in [6.07, 6.45) is 2.01. The minimum atomic E-state index is -3.33. The Bertz CT molecular complexity index is 576. The second kappa shape index (κ2) is 6.02. The molecule has 3 rings (SSSR count). The number of nitrogens with one attached hydrogen (secondary N) is 1. The lowest BCUT2D eigenvalue weighted by Crippen LogP contribution is -2.46. The van der Waals surface area contributed by atoms with Gasteiger partial charge in [0, 0.05) is 19.1 Å². The highest BCUT2D eigenvalue weighted by Gasteiger charge is 2.37. The molecule has 4 nitrogen and oxygen atoms in total. The standard InChI is InChI=1S/C14H20N2O2S.ClH/c1-11-4-2-3-5-14(11)19(17,18)16-9-7-13-12(10-16)6-8-15-13;/h2-5,12-13,15H,6-10H2,1H3;1H. The predicted molar refractivity (Wildman–Crippen MR) is 81.7 cm³/mol. The van der Waals surface area contributed by atoms with Crippen molar-refractivity contribution in [1.82, 2.24) is 9.62 Å². The maximum atomic E-state index is 12.7. The summed E-state index contributed by atoms with van der Waals surface area (Å²) in [5, 5.41) is 3.46. The molecule has 2 fully saturated rings. The molecule has 0 bridgehead atoms. The summed E-state index contributed by atoms with van der Waals surface area (Å²) >= 11 is 0. The number of fused-ring (bicyclic) bond motifs is 1. The van der Waals surface area contributed by atoms with Crippen molar-refractivity contribution < 1.29 is 8.42 Å². The maximum absolute atomic E-state index is 12.7. The van der Waals surface area contributed by atoms with Crippen LogP contribution in [0.15, 0.2) is 29.2 Å². The van der Waals surface area contributed by atoms with Crippen LogP contribution in [0.5, 0.6) is 0 Å². The lowest BCUT2D eigenvalue weighted by atomic mass is 9.95. The molecule has 0 amide bonds. The fourth-order valence-electron chi connectivity index (χ4n) is 3.22.